The van der Waals surface area contributed by atoms with Gasteiger partial charge in [0.2, 0.25) is 0 Å². The molecular formula is C14H20N2. The first-order valence-corrected chi connectivity index (χ1v) is 6.15. The molecule has 0 amide bonds. The van der Waals surface area contributed by atoms with Gasteiger partial charge in [-0.1, -0.05) is 17.7 Å². The number of hydrogen-bond donors (Lipinski definition) is 1. The number of pyridine rings is 1. The van der Waals surface area contributed by atoms with Gasteiger partial charge in [-0.15, -0.1) is 0 Å². The molecule has 1 aliphatic rings. The lowest BCUT2D eigenvalue weighted by Gasteiger charge is -2.05. The Kier molecular flexibility index (Phi) is 4.11. The van der Waals surface area contributed by atoms with Crippen molar-refractivity contribution in [3.05, 3.63) is 41.2 Å². The highest BCUT2D eigenvalue weighted by Gasteiger charge is 2.03. The zero-order chi connectivity index (χ0) is 11.2. The monoisotopic (exact) mass is 216 g/mol. The average molecular weight is 216 g/mol. The summed E-state index contributed by atoms with van der Waals surface area (Å²) in [5.74, 6) is 0. The van der Waals surface area contributed by atoms with Crippen LogP contribution in [0.4, 0.5) is 0 Å². The van der Waals surface area contributed by atoms with Crippen LogP contribution in [0.15, 0.2) is 30.0 Å². The van der Waals surface area contributed by atoms with Crippen molar-refractivity contribution in [2.24, 2.45) is 0 Å². The Labute approximate surface area is 97.8 Å². The fourth-order valence-corrected chi connectivity index (χ4v) is 2.05. The standard InChI is InChI=1S/C14H20N2/c1-12-6-7-14(11-16-12)10-15-9-8-13-4-2-3-5-13/h4,6-7,11,15H,2-3,5,8-10H2,1H3. The molecular weight excluding hydrogens is 196 g/mol. The Hall–Kier alpha value is -1.15. The molecule has 0 fully saturated rings. The summed E-state index contributed by atoms with van der Waals surface area (Å²) in [6, 6.07) is 4.21. The molecule has 0 unspecified atom stereocenters. The van der Waals surface area contributed by atoms with Crippen molar-refractivity contribution in [1.82, 2.24) is 10.3 Å². The molecule has 0 bridgehead atoms. The molecule has 0 saturated heterocycles. The highest BCUT2D eigenvalue weighted by atomic mass is 14.8. The third-order valence-corrected chi connectivity index (χ3v) is 3.06. The number of hydrogen-bond acceptors (Lipinski definition) is 2. The summed E-state index contributed by atoms with van der Waals surface area (Å²) >= 11 is 0. The summed E-state index contributed by atoms with van der Waals surface area (Å²) in [4.78, 5) is 4.28. The van der Waals surface area contributed by atoms with E-state index in [-0.39, 0.29) is 0 Å². The summed E-state index contributed by atoms with van der Waals surface area (Å²) in [6.07, 6.45) is 9.52. The minimum atomic E-state index is 0.931. The van der Waals surface area contributed by atoms with E-state index in [1.165, 1.54) is 31.2 Å². The van der Waals surface area contributed by atoms with Crippen molar-refractivity contribution >= 4 is 0 Å². The predicted octanol–water partition coefficient (Wildman–Crippen LogP) is 2.98. The van der Waals surface area contributed by atoms with Gasteiger partial charge in [-0.05, 0) is 50.8 Å². The fraction of sp³-hybridized carbons (Fsp3) is 0.500. The van der Waals surface area contributed by atoms with Gasteiger partial charge in [-0.25, -0.2) is 0 Å². The number of aryl methyl sites for hydroxylation is 1. The Balaban J connectivity index is 1.66. The van der Waals surface area contributed by atoms with E-state index in [4.69, 9.17) is 0 Å². The van der Waals surface area contributed by atoms with Crippen LogP contribution < -0.4 is 5.32 Å². The molecule has 1 N–H and O–H groups in total. The maximum Gasteiger partial charge on any atom is 0.0372 e. The zero-order valence-electron chi connectivity index (χ0n) is 10.00. The van der Waals surface area contributed by atoms with E-state index in [1.807, 2.05) is 13.1 Å². The molecule has 2 heteroatoms. The Morgan fingerprint density at radius 2 is 2.31 bits per heavy atom. The smallest absolute Gasteiger partial charge is 0.0372 e. The maximum absolute atomic E-state index is 4.28. The summed E-state index contributed by atoms with van der Waals surface area (Å²) in [5.41, 5.74) is 3.99. The molecule has 1 heterocycles. The van der Waals surface area contributed by atoms with E-state index in [0.717, 1.165) is 18.8 Å². The van der Waals surface area contributed by atoms with Gasteiger partial charge in [0.15, 0.2) is 0 Å². The van der Waals surface area contributed by atoms with Crippen LogP contribution in [0.3, 0.4) is 0 Å². The lowest BCUT2D eigenvalue weighted by atomic mass is 10.1. The maximum atomic E-state index is 4.28. The second kappa shape index (κ2) is 5.80. The predicted molar refractivity (Wildman–Crippen MR) is 67.2 cm³/mol. The van der Waals surface area contributed by atoms with Crippen LogP contribution in [0.5, 0.6) is 0 Å². The largest absolute Gasteiger partial charge is 0.312 e. The van der Waals surface area contributed by atoms with Crippen molar-refractivity contribution < 1.29 is 0 Å². The Bertz CT molecular complexity index is 352. The number of rotatable bonds is 5. The SMILES string of the molecule is Cc1ccc(CNCCC2=CCCC2)cn1. The quantitative estimate of drug-likeness (QED) is 0.604. The van der Waals surface area contributed by atoms with E-state index in [9.17, 15) is 0 Å². The second-order valence-electron chi connectivity index (χ2n) is 4.49. The van der Waals surface area contributed by atoms with Gasteiger partial charge in [0.1, 0.15) is 0 Å². The molecule has 1 aliphatic carbocycles. The van der Waals surface area contributed by atoms with Crippen LogP contribution in [0.25, 0.3) is 0 Å². The molecule has 0 atom stereocenters. The molecule has 86 valence electrons. The number of nitrogens with one attached hydrogen (secondary N) is 1. The third kappa shape index (κ3) is 3.46. The molecule has 16 heavy (non-hydrogen) atoms. The highest BCUT2D eigenvalue weighted by Crippen LogP contribution is 2.19. The lowest BCUT2D eigenvalue weighted by molar-refractivity contribution is 0.674. The topological polar surface area (TPSA) is 24.9 Å². The number of aromatic nitrogens is 1. The van der Waals surface area contributed by atoms with Gasteiger partial charge in [-0.3, -0.25) is 4.98 Å². The molecule has 0 aliphatic heterocycles. The van der Waals surface area contributed by atoms with E-state index in [2.05, 4.69) is 28.5 Å². The Morgan fingerprint density at radius 3 is 3.00 bits per heavy atom. The van der Waals surface area contributed by atoms with Gasteiger partial charge in [0.25, 0.3) is 0 Å². The van der Waals surface area contributed by atoms with Crippen molar-refractivity contribution in [2.75, 3.05) is 6.54 Å². The highest BCUT2D eigenvalue weighted by molar-refractivity contribution is 5.13. The molecule has 0 saturated carbocycles. The van der Waals surface area contributed by atoms with Gasteiger partial charge in [-0.2, -0.15) is 0 Å². The van der Waals surface area contributed by atoms with Crippen LogP contribution in [-0.4, -0.2) is 11.5 Å². The molecule has 2 rings (SSSR count). The molecule has 2 nitrogen and oxygen atoms in total. The zero-order valence-corrected chi connectivity index (χ0v) is 10.00. The average Bonchev–Trinajstić information content (AvgIpc) is 2.80. The van der Waals surface area contributed by atoms with Gasteiger partial charge >= 0.3 is 0 Å². The van der Waals surface area contributed by atoms with Crippen LogP contribution >= 0.6 is 0 Å². The van der Waals surface area contributed by atoms with Crippen molar-refractivity contribution in [3.63, 3.8) is 0 Å². The van der Waals surface area contributed by atoms with Gasteiger partial charge in [0.05, 0.1) is 0 Å². The lowest BCUT2D eigenvalue weighted by Crippen LogP contribution is -2.15. The summed E-state index contributed by atoms with van der Waals surface area (Å²) in [7, 11) is 0. The first kappa shape index (κ1) is 11.3. The van der Waals surface area contributed by atoms with Crippen LogP contribution in [0.2, 0.25) is 0 Å². The van der Waals surface area contributed by atoms with E-state index in [0.29, 0.717) is 0 Å². The first-order valence-electron chi connectivity index (χ1n) is 6.15. The van der Waals surface area contributed by atoms with E-state index >= 15 is 0 Å². The minimum absolute atomic E-state index is 0.931. The molecule has 0 spiro atoms. The second-order valence-corrected chi connectivity index (χ2v) is 4.49. The fourth-order valence-electron chi connectivity index (χ4n) is 2.05. The van der Waals surface area contributed by atoms with Crippen LogP contribution in [0.1, 0.15) is 36.9 Å². The van der Waals surface area contributed by atoms with Crippen molar-refractivity contribution in [3.8, 4) is 0 Å². The van der Waals surface area contributed by atoms with Crippen LogP contribution in [0, 0.1) is 6.92 Å². The molecule has 0 aromatic carbocycles. The molecule has 1 aromatic heterocycles. The normalized spacial score (nSPS) is 15.2. The first-order chi connectivity index (χ1) is 7.84. The third-order valence-electron chi connectivity index (χ3n) is 3.06. The van der Waals surface area contributed by atoms with Crippen molar-refractivity contribution in [2.45, 2.75) is 39.2 Å². The van der Waals surface area contributed by atoms with E-state index in [1.54, 1.807) is 5.57 Å². The van der Waals surface area contributed by atoms with Gasteiger partial charge < -0.3 is 5.32 Å². The minimum Gasteiger partial charge on any atom is -0.312 e. The van der Waals surface area contributed by atoms with Crippen molar-refractivity contribution in [1.29, 1.82) is 0 Å². The van der Waals surface area contributed by atoms with Gasteiger partial charge in [0, 0.05) is 18.4 Å². The number of nitrogens with zero attached hydrogens (tertiary/aromatic N) is 1. The van der Waals surface area contributed by atoms with E-state index < -0.39 is 0 Å². The summed E-state index contributed by atoms with van der Waals surface area (Å²) in [6.45, 7) is 4.03. The molecule has 1 aromatic rings. The Morgan fingerprint density at radius 1 is 1.38 bits per heavy atom. The summed E-state index contributed by atoms with van der Waals surface area (Å²) < 4.78 is 0. The molecule has 0 radical (unpaired) electrons. The summed E-state index contributed by atoms with van der Waals surface area (Å²) in [5, 5.41) is 3.47. The number of allylic oxidation sites excluding steroid dienone is 1. The van der Waals surface area contributed by atoms with Crippen LogP contribution in [-0.2, 0) is 6.54 Å².